The molecule has 22 heavy (non-hydrogen) atoms. The lowest BCUT2D eigenvalue weighted by molar-refractivity contribution is -0.116. The number of aryl methyl sites for hydroxylation is 1. The summed E-state index contributed by atoms with van der Waals surface area (Å²) in [7, 11) is 1.62. The maximum Gasteiger partial charge on any atom is 0.224 e. The predicted molar refractivity (Wildman–Crippen MR) is 88.8 cm³/mol. The molecule has 112 valence electrons. The molecule has 4 nitrogen and oxygen atoms in total. The summed E-state index contributed by atoms with van der Waals surface area (Å²) in [5.74, 6) is 0.711. The van der Waals surface area contributed by atoms with E-state index in [-0.39, 0.29) is 5.91 Å². The van der Waals surface area contributed by atoms with E-state index in [1.165, 1.54) is 0 Å². The molecule has 5 heteroatoms. The van der Waals surface area contributed by atoms with Gasteiger partial charge in [0.15, 0.2) is 0 Å². The smallest absolute Gasteiger partial charge is 0.224 e. The summed E-state index contributed by atoms with van der Waals surface area (Å²) in [6.45, 7) is 0. The van der Waals surface area contributed by atoms with Crippen LogP contribution in [-0.4, -0.2) is 13.0 Å². The number of benzene rings is 2. The Morgan fingerprint density at radius 1 is 1.27 bits per heavy atom. The number of hydrogen-bond acceptors (Lipinski definition) is 3. The molecule has 0 spiro atoms. The monoisotopic (exact) mass is 358 g/mol. The second kappa shape index (κ2) is 7.62. The molecule has 2 aromatic carbocycles. The van der Waals surface area contributed by atoms with Crippen molar-refractivity contribution in [3.63, 3.8) is 0 Å². The van der Waals surface area contributed by atoms with E-state index in [0.29, 0.717) is 24.1 Å². The number of rotatable bonds is 5. The Hall–Kier alpha value is -2.32. The average molecular weight is 359 g/mol. The second-order valence-electron chi connectivity index (χ2n) is 4.71. The maximum atomic E-state index is 11.9. The van der Waals surface area contributed by atoms with E-state index in [4.69, 9.17) is 10.00 Å². The third kappa shape index (κ3) is 4.34. The Kier molecular flexibility index (Phi) is 5.56. The van der Waals surface area contributed by atoms with E-state index in [0.717, 1.165) is 15.8 Å². The van der Waals surface area contributed by atoms with Gasteiger partial charge in [0.05, 0.1) is 23.2 Å². The lowest BCUT2D eigenvalue weighted by atomic mass is 10.1. The van der Waals surface area contributed by atoms with Gasteiger partial charge in [-0.3, -0.25) is 4.79 Å². The molecule has 0 bridgehead atoms. The fourth-order valence-electron chi connectivity index (χ4n) is 1.97. The van der Waals surface area contributed by atoms with Crippen LogP contribution in [0.2, 0.25) is 0 Å². The van der Waals surface area contributed by atoms with Crippen molar-refractivity contribution in [2.45, 2.75) is 12.8 Å². The molecule has 2 aromatic rings. The van der Waals surface area contributed by atoms with E-state index in [1.54, 1.807) is 31.4 Å². The molecule has 2 rings (SSSR count). The highest BCUT2D eigenvalue weighted by Crippen LogP contribution is 2.26. The molecule has 0 fully saturated rings. The quantitative estimate of drug-likeness (QED) is 0.881. The first-order chi connectivity index (χ1) is 10.6. The number of nitriles is 1. The molecule has 0 aliphatic heterocycles. The molecule has 0 saturated carbocycles. The number of amides is 1. The Morgan fingerprint density at radius 2 is 2.00 bits per heavy atom. The zero-order chi connectivity index (χ0) is 15.9. The SMILES string of the molecule is COc1ccc(CCC(=O)Nc2ccc(C#N)cc2)cc1Br. The highest BCUT2D eigenvalue weighted by atomic mass is 79.9. The van der Waals surface area contributed by atoms with Crippen LogP contribution in [0.3, 0.4) is 0 Å². The van der Waals surface area contributed by atoms with Gasteiger partial charge < -0.3 is 10.1 Å². The zero-order valence-corrected chi connectivity index (χ0v) is 13.7. The van der Waals surface area contributed by atoms with Crippen LogP contribution in [0.5, 0.6) is 5.75 Å². The molecule has 1 amide bonds. The van der Waals surface area contributed by atoms with Crippen LogP contribution in [0, 0.1) is 11.3 Å². The van der Waals surface area contributed by atoms with Crippen molar-refractivity contribution in [2.24, 2.45) is 0 Å². The number of anilines is 1. The van der Waals surface area contributed by atoms with Crippen LogP contribution < -0.4 is 10.1 Å². The Balaban J connectivity index is 1.89. The van der Waals surface area contributed by atoms with Crippen LogP contribution in [0.25, 0.3) is 0 Å². The number of ether oxygens (including phenoxy) is 1. The third-order valence-corrected chi connectivity index (χ3v) is 3.77. The van der Waals surface area contributed by atoms with Crippen LogP contribution in [0.1, 0.15) is 17.5 Å². The summed E-state index contributed by atoms with van der Waals surface area (Å²) in [4.78, 5) is 11.9. The molecular weight excluding hydrogens is 344 g/mol. The van der Waals surface area contributed by atoms with Crippen LogP contribution in [0.4, 0.5) is 5.69 Å². The zero-order valence-electron chi connectivity index (χ0n) is 12.1. The number of carbonyl (C=O) groups is 1. The van der Waals surface area contributed by atoms with Crippen molar-refractivity contribution < 1.29 is 9.53 Å². The minimum Gasteiger partial charge on any atom is -0.496 e. The van der Waals surface area contributed by atoms with Gasteiger partial charge >= 0.3 is 0 Å². The molecular formula is C17H15BrN2O2. The third-order valence-electron chi connectivity index (χ3n) is 3.15. The fourth-order valence-corrected chi connectivity index (χ4v) is 2.56. The Labute approximate surface area is 137 Å². The summed E-state index contributed by atoms with van der Waals surface area (Å²) < 4.78 is 6.05. The molecule has 0 aromatic heterocycles. The molecule has 0 aliphatic carbocycles. The number of methoxy groups -OCH3 is 1. The van der Waals surface area contributed by atoms with Crippen LogP contribution in [0.15, 0.2) is 46.9 Å². The van der Waals surface area contributed by atoms with Gasteiger partial charge in [-0.15, -0.1) is 0 Å². The number of hydrogen-bond donors (Lipinski definition) is 1. The predicted octanol–water partition coefficient (Wildman–Crippen LogP) is 3.90. The van der Waals surface area contributed by atoms with E-state index >= 15 is 0 Å². The summed E-state index contributed by atoms with van der Waals surface area (Å²) >= 11 is 3.43. The molecule has 0 heterocycles. The normalized spacial score (nSPS) is 9.86. The van der Waals surface area contributed by atoms with Gasteiger partial charge in [-0.25, -0.2) is 0 Å². The molecule has 1 N–H and O–H groups in total. The van der Waals surface area contributed by atoms with Crippen molar-refractivity contribution >= 4 is 27.5 Å². The van der Waals surface area contributed by atoms with Crippen molar-refractivity contribution in [3.05, 3.63) is 58.1 Å². The van der Waals surface area contributed by atoms with Crippen molar-refractivity contribution in [2.75, 3.05) is 12.4 Å². The van der Waals surface area contributed by atoms with E-state index in [2.05, 4.69) is 21.2 Å². The highest BCUT2D eigenvalue weighted by Gasteiger charge is 2.06. The Bertz CT molecular complexity index is 706. The number of nitrogens with zero attached hydrogens (tertiary/aromatic N) is 1. The number of nitrogens with one attached hydrogen (secondary N) is 1. The van der Waals surface area contributed by atoms with Crippen LogP contribution >= 0.6 is 15.9 Å². The standard InChI is InChI=1S/C17H15BrN2O2/c1-22-16-8-4-12(10-15(16)18)5-9-17(21)20-14-6-2-13(11-19)3-7-14/h2-4,6-8,10H,5,9H2,1H3,(H,20,21). The van der Waals surface area contributed by atoms with Gasteiger partial charge in [-0.2, -0.15) is 5.26 Å². The first-order valence-corrected chi connectivity index (χ1v) is 7.54. The summed E-state index contributed by atoms with van der Waals surface area (Å²) in [6.07, 6.45) is 1.03. The molecule has 0 aliphatic rings. The molecule has 0 radical (unpaired) electrons. The summed E-state index contributed by atoms with van der Waals surface area (Å²) in [6, 6.07) is 14.6. The van der Waals surface area contributed by atoms with Gasteiger partial charge in [0.25, 0.3) is 0 Å². The van der Waals surface area contributed by atoms with E-state index in [9.17, 15) is 4.79 Å². The molecule has 0 unspecified atom stereocenters. The van der Waals surface area contributed by atoms with Gasteiger partial charge in [0, 0.05) is 12.1 Å². The van der Waals surface area contributed by atoms with E-state index < -0.39 is 0 Å². The lowest BCUT2D eigenvalue weighted by Crippen LogP contribution is -2.12. The van der Waals surface area contributed by atoms with Gasteiger partial charge in [-0.05, 0) is 64.3 Å². The van der Waals surface area contributed by atoms with Crippen molar-refractivity contribution in [3.8, 4) is 11.8 Å². The largest absolute Gasteiger partial charge is 0.496 e. The number of halogens is 1. The van der Waals surface area contributed by atoms with Crippen molar-refractivity contribution in [1.29, 1.82) is 5.26 Å². The number of carbonyl (C=O) groups excluding carboxylic acids is 1. The average Bonchev–Trinajstić information content (AvgIpc) is 2.54. The Morgan fingerprint density at radius 3 is 2.59 bits per heavy atom. The maximum absolute atomic E-state index is 11.9. The fraction of sp³-hybridized carbons (Fsp3) is 0.176. The summed E-state index contributed by atoms with van der Waals surface area (Å²) in [5, 5.41) is 11.5. The summed E-state index contributed by atoms with van der Waals surface area (Å²) in [5.41, 5.74) is 2.32. The van der Waals surface area contributed by atoms with Crippen molar-refractivity contribution in [1.82, 2.24) is 0 Å². The van der Waals surface area contributed by atoms with Gasteiger partial charge in [0.1, 0.15) is 5.75 Å². The lowest BCUT2D eigenvalue weighted by Gasteiger charge is -2.07. The van der Waals surface area contributed by atoms with Crippen LogP contribution in [-0.2, 0) is 11.2 Å². The highest BCUT2D eigenvalue weighted by molar-refractivity contribution is 9.10. The second-order valence-corrected chi connectivity index (χ2v) is 5.56. The molecule has 0 atom stereocenters. The molecule has 0 saturated heterocycles. The minimum atomic E-state index is -0.0587. The minimum absolute atomic E-state index is 0.0587. The first kappa shape index (κ1) is 16.1. The topological polar surface area (TPSA) is 62.1 Å². The van der Waals surface area contributed by atoms with Gasteiger partial charge in [0.2, 0.25) is 5.91 Å². The van der Waals surface area contributed by atoms with Gasteiger partial charge in [-0.1, -0.05) is 6.07 Å². The first-order valence-electron chi connectivity index (χ1n) is 6.75. The van der Waals surface area contributed by atoms with E-state index in [1.807, 2.05) is 24.3 Å².